The van der Waals surface area contributed by atoms with Crippen LogP contribution in [0.2, 0.25) is 0 Å². The molecule has 0 aliphatic carbocycles. The van der Waals surface area contributed by atoms with Crippen LogP contribution in [-0.4, -0.2) is 86.9 Å². The molecule has 18 nitrogen and oxygen atoms in total. The van der Waals surface area contributed by atoms with E-state index in [1.54, 1.807) is 6.92 Å². The molecule has 41 heavy (non-hydrogen) atoms. The summed E-state index contributed by atoms with van der Waals surface area (Å²) >= 11 is 0. The third-order valence-corrected chi connectivity index (χ3v) is 7.22. The maximum absolute atomic E-state index is 13.3. The summed E-state index contributed by atoms with van der Waals surface area (Å²) in [4.78, 5) is 91.6. The highest BCUT2D eigenvalue weighted by Gasteiger charge is 2.50. The Morgan fingerprint density at radius 1 is 0.537 bits per heavy atom. The van der Waals surface area contributed by atoms with Gasteiger partial charge in [0.25, 0.3) is 0 Å². The first-order valence-corrected chi connectivity index (χ1v) is 16.6. The average molecular weight is 660 g/mol. The molecule has 0 amide bonds. The first-order chi connectivity index (χ1) is 18.4. The number of phosphoric ester groups is 3. The number of hydrogen-bond acceptors (Lipinski definition) is 12. The molecule has 0 heterocycles. The summed E-state index contributed by atoms with van der Waals surface area (Å²) in [5.74, 6) is -2.70. The molecule has 0 saturated carbocycles. The maximum Gasteiger partial charge on any atom is 0.469 e. The third-order valence-electron chi connectivity index (χ3n) is 5.66. The lowest BCUT2D eigenvalue weighted by Gasteiger charge is -2.39. The standard InChI is InChI=1S/C20H39O18P3/c1-6-19(4,16(22)34-8-11-37-40(27,28)29)14-20(5,17(23)35-9-12-38-41(30,31)32)13-18(2,3)15(21)33-7-10-36-39(24,25)26/h6-14H2,1-5H3,(H2,24,25,26)(H2,27,28,29)(H2,30,31,32). The van der Waals surface area contributed by atoms with E-state index in [1.165, 1.54) is 27.7 Å². The molecule has 0 aromatic heterocycles. The Hall–Kier alpha value is -1.26. The van der Waals surface area contributed by atoms with Crippen molar-refractivity contribution >= 4 is 41.4 Å². The molecule has 21 heteroatoms. The molecule has 0 aromatic rings. The molecule has 0 fully saturated rings. The van der Waals surface area contributed by atoms with Gasteiger partial charge < -0.3 is 43.6 Å². The van der Waals surface area contributed by atoms with E-state index in [2.05, 4.69) is 13.6 Å². The Morgan fingerprint density at radius 2 is 0.854 bits per heavy atom. The number of hydrogen-bond donors (Lipinski definition) is 6. The first kappa shape index (κ1) is 39.7. The molecule has 0 spiro atoms. The molecule has 0 aromatic carbocycles. The van der Waals surface area contributed by atoms with Gasteiger partial charge in [-0.25, -0.2) is 13.7 Å². The molecule has 242 valence electrons. The lowest BCUT2D eigenvalue weighted by Crippen LogP contribution is -2.44. The molecule has 0 rings (SSSR count). The molecule has 0 saturated heterocycles. The van der Waals surface area contributed by atoms with Crippen molar-refractivity contribution in [2.45, 2.75) is 53.9 Å². The smallest absolute Gasteiger partial charge is 0.463 e. The topological polar surface area (TPSA) is 279 Å². The van der Waals surface area contributed by atoms with Crippen molar-refractivity contribution in [1.29, 1.82) is 0 Å². The quantitative estimate of drug-likeness (QED) is 0.0462. The zero-order chi connectivity index (χ0) is 32.3. The molecule has 0 bridgehead atoms. The SMILES string of the molecule is CCC(C)(CC(C)(CC(C)(C)C(=O)OCCOP(=O)(O)O)C(=O)OCCOP(=O)(O)O)C(=O)OCCOP(=O)(O)O. The Balaban J connectivity index is 5.82. The van der Waals surface area contributed by atoms with Crippen molar-refractivity contribution < 1.29 is 85.2 Å². The van der Waals surface area contributed by atoms with Gasteiger partial charge in [0, 0.05) is 0 Å². The molecule has 6 N–H and O–H groups in total. The van der Waals surface area contributed by atoms with Gasteiger partial charge in [-0.3, -0.25) is 28.0 Å². The van der Waals surface area contributed by atoms with Gasteiger partial charge in [-0.2, -0.15) is 0 Å². The van der Waals surface area contributed by atoms with E-state index in [9.17, 15) is 28.1 Å². The summed E-state index contributed by atoms with van der Waals surface area (Å²) in [7, 11) is -14.4. The van der Waals surface area contributed by atoms with E-state index in [4.69, 9.17) is 43.6 Å². The molecule has 0 radical (unpaired) electrons. The number of carbonyl (C=O) groups excluding carboxylic acids is 3. The van der Waals surface area contributed by atoms with Crippen molar-refractivity contribution in [2.75, 3.05) is 39.6 Å². The van der Waals surface area contributed by atoms with Gasteiger partial charge in [-0.15, -0.1) is 0 Å². The van der Waals surface area contributed by atoms with Crippen LogP contribution in [-0.2, 0) is 55.9 Å². The van der Waals surface area contributed by atoms with E-state index in [0.717, 1.165) is 0 Å². The number of esters is 3. The summed E-state index contributed by atoms with van der Waals surface area (Å²) in [5, 5.41) is 0. The Labute approximate surface area is 236 Å². The van der Waals surface area contributed by atoms with Crippen molar-refractivity contribution in [3.63, 3.8) is 0 Å². The van der Waals surface area contributed by atoms with Crippen molar-refractivity contribution in [2.24, 2.45) is 16.2 Å². The fourth-order valence-electron chi connectivity index (χ4n) is 3.87. The van der Waals surface area contributed by atoms with Crippen LogP contribution in [0, 0.1) is 16.2 Å². The maximum atomic E-state index is 13.3. The summed E-state index contributed by atoms with van der Waals surface area (Å²) in [6.07, 6.45) is -0.495. The van der Waals surface area contributed by atoms with Gasteiger partial charge in [0.15, 0.2) is 0 Å². The van der Waals surface area contributed by atoms with Crippen molar-refractivity contribution in [3.05, 3.63) is 0 Å². The van der Waals surface area contributed by atoms with Crippen LogP contribution in [0.5, 0.6) is 0 Å². The highest BCUT2D eigenvalue weighted by atomic mass is 31.2. The minimum absolute atomic E-state index is 0.0972. The van der Waals surface area contributed by atoms with E-state index >= 15 is 0 Å². The van der Waals surface area contributed by atoms with Crippen molar-refractivity contribution in [1.82, 2.24) is 0 Å². The number of carbonyl (C=O) groups is 3. The fourth-order valence-corrected chi connectivity index (χ4v) is 4.81. The van der Waals surface area contributed by atoms with Gasteiger partial charge >= 0.3 is 41.4 Å². The number of phosphoric acid groups is 3. The van der Waals surface area contributed by atoms with Gasteiger partial charge in [-0.1, -0.05) is 6.92 Å². The van der Waals surface area contributed by atoms with Crippen LogP contribution in [0.3, 0.4) is 0 Å². The Kier molecular flexibility index (Phi) is 15.5. The molecule has 2 atom stereocenters. The minimum Gasteiger partial charge on any atom is -0.463 e. The van der Waals surface area contributed by atoms with Crippen LogP contribution >= 0.6 is 23.5 Å². The minimum atomic E-state index is -4.84. The van der Waals surface area contributed by atoms with Gasteiger partial charge in [0.05, 0.1) is 36.1 Å². The van der Waals surface area contributed by atoms with Crippen LogP contribution in [0.4, 0.5) is 0 Å². The molecule has 0 aliphatic rings. The molecule has 0 aliphatic heterocycles. The second kappa shape index (κ2) is 16.0. The Bertz CT molecular complexity index is 1030. The van der Waals surface area contributed by atoms with E-state index in [1.807, 2.05) is 0 Å². The molecule has 2 unspecified atom stereocenters. The zero-order valence-electron chi connectivity index (χ0n) is 23.3. The normalized spacial score (nSPS) is 15.9. The van der Waals surface area contributed by atoms with Crippen molar-refractivity contribution in [3.8, 4) is 0 Å². The average Bonchev–Trinajstić information content (AvgIpc) is 2.79. The summed E-state index contributed by atoms with van der Waals surface area (Å²) in [5.41, 5.74) is -4.50. The summed E-state index contributed by atoms with van der Waals surface area (Å²) < 4.78 is 60.5. The van der Waals surface area contributed by atoms with Gasteiger partial charge in [0.2, 0.25) is 0 Å². The molecular weight excluding hydrogens is 621 g/mol. The lowest BCUT2D eigenvalue weighted by molar-refractivity contribution is -0.169. The first-order valence-electron chi connectivity index (χ1n) is 12.0. The van der Waals surface area contributed by atoms with Crippen LogP contribution in [0.15, 0.2) is 0 Å². The largest absolute Gasteiger partial charge is 0.469 e. The monoisotopic (exact) mass is 660 g/mol. The predicted molar refractivity (Wildman–Crippen MR) is 136 cm³/mol. The second-order valence-electron chi connectivity index (χ2n) is 10.1. The van der Waals surface area contributed by atoms with E-state index < -0.39 is 97.3 Å². The fraction of sp³-hybridized carbons (Fsp3) is 0.850. The number of ether oxygens (including phenoxy) is 3. The van der Waals surface area contributed by atoms with Gasteiger partial charge in [0.1, 0.15) is 19.8 Å². The van der Waals surface area contributed by atoms with E-state index in [0.29, 0.717) is 0 Å². The number of rotatable bonds is 20. The third kappa shape index (κ3) is 16.8. The predicted octanol–water partition coefficient (Wildman–Crippen LogP) is 1.17. The summed E-state index contributed by atoms with van der Waals surface area (Å²) in [6.45, 7) is 3.73. The van der Waals surface area contributed by atoms with Gasteiger partial charge in [-0.05, 0) is 47.0 Å². The molecular formula is C20H39O18P3. The second-order valence-corrected chi connectivity index (χ2v) is 13.8. The highest BCUT2D eigenvalue weighted by molar-refractivity contribution is 7.46. The van der Waals surface area contributed by atoms with Crippen LogP contribution < -0.4 is 0 Å². The highest BCUT2D eigenvalue weighted by Crippen LogP contribution is 2.46. The zero-order valence-corrected chi connectivity index (χ0v) is 26.0. The lowest BCUT2D eigenvalue weighted by atomic mass is 9.65. The van der Waals surface area contributed by atoms with E-state index in [-0.39, 0.29) is 19.3 Å². The summed E-state index contributed by atoms with van der Waals surface area (Å²) in [6, 6.07) is 0. The van der Waals surface area contributed by atoms with Crippen LogP contribution in [0.25, 0.3) is 0 Å². The van der Waals surface area contributed by atoms with Crippen LogP contribution in [0.1, 0.15) is 53.9 Å². The Morgan fingerprint density at radius 3 is 1.17 bits per heavy atom.